The van der Waals surface area contributed by atoms with Gasteiger partial charge < -0.3 is 5.32 Å². The monoisotopic (exact) mass is 401 g/mol. The highest BCUT2D eigenvalue weighted by Gasteiger charge is 2.25. The molecule has 0 saturated heterocycles. The molecule has 106 valence electrons. The number of benzene rings is 1. The lowest BCUT2D eigenvalue weighted by Gasteiger charge is -2.08. The molecule has 1 aromatic carbocycles. The number of hydrogen-bond donors (Lipinski definition) is 1. The molecule has 0 aliphatic heterocycles. The first kappa shape index (κ1) is 16.5. The fourth-order valence-corrected chi connectivity index (χ4v) is 2.73. The second-order valence-electron chi connectivity index (χ2n) is 3.99. The van der Waals surface area contributed by atoms with E-state index in [4.69, 9.17) is 0 Å². The molecule has 1 aromatic rings. The number of halogens is 5. The maximum absolute atomic E-state index is 11.9. The third-order valence-corrected chi connectivity index (χ3v) is 3.21. The molecule has 0 aliphatic rings. The van der Waals surface area contributed by atoms with Gasteiger partial charge in [0.15, 0.2) is 0 Å². The summed E-state index contributed by atoms with van der Waals surface area (Å²) in [6.45, 7) is 0.235. The van der Waals surface area contributed by atoms with Crippen LogP contribution in [0.3, 0.4) is 0 Å². The van der Waals surface area contributed by atoms with Crippen molar-refractivity contribution in [1.82, 2.24) is 5.32 Å². The molecular formula is C12H12Br2F3NO. The normalized spacial score (nSPS) is 11.4. The van der Waals surface area contributed by atoms with Crippen molar-refractivity contribution in [2.24, 2.45) is 0 Å². The summed E-state index contributed by atoms with van der Waals surface area (Å²) >= 11 is 6.52. The van der Waals surface area contributed by atoms with E-state index in [1.54, 1.807) is 18.2 Å². The Hall–Kier alpha value is -0.560. The summed E-state index contributed by atoms with van der Waals surface area (Å²) in [5, 5.41) is 2.59. The van der Waals surface area contributed by atoms with E-state index in [2.05, 4.69) is 37.2 Å². The maximum atomic E-state index is 11.9. The molecule has 0 bridgehead atoms. The molecule has 0 atom stereocenters. The number of unbranched alkanes of at least 4 members (excludes halogenated alkanes) is 1. The average Bonchev–Trinajstić information content (AvgIpc) is 2.25. The zero-order chi connectivity index (χ0) is 14.5. The molecule has 1 N–H and O–H groups in total. The molecule has 7 heteroatoms. The summed E-state index contributed by atoms with van der Waals surface area (Å²) < 4.78 is 37.2. The summed E-state index contributed by atoms with van der Waals surface area (Å²) in [7, 11) is 0. The van der Waals surface area contributed by atoms with Crippen LogP contribution in [0.15, 0.2) is 27.1 Å². The van der Waals surface area contributed by atoms with Crippen molar-refractivity contribution in [3.05, 3.63) is 32.7 Å². The lowest BCUT2D eigenvalue weighted by atomic mass is 10.2. The van der Waals surface area contributed by atoms with Crippen molar-refractivity contribution in [2.75, 3.05) is 6.54 Å². The highest BCUT2D eigenvalue weighted by Crippen LogP contribution is 2.22. The van der Waals surface area contributed by atoms with Gasteiger partial charge in [0.1, 0.15) is 0 Å². The molecule has 0 spiro atoms. The largest absolute Gasteiger partial charge is 0.389 e. The molecule has 0 saturated carbocycles. The third kappa shape index (κ3) is 6.96. The molecule has 1 amide bonds. The zero-order valence-corrected chi connectivity index (χ0v) is 13.0. The van der Waals surface area contributed by atoms with Gasteiger partial charge in [0, 0.05) is 27.5 Å². The van der Waals surface area contributed by atoms with Crippen molar-refractivity contribution < 1.29 is 18.0 Å². The van der Waals surface area contributed by atoms with E-state index in [9.17, 15) is 18.0 Å². The standard InChI is InChI=1S/C12H12Br2F3NO/c13-9-5-8(6-10(14)7-9)11(19)18-4-2-1-3-12(15,16)17/h5-7H,1-4H2,(H,18,19). The van der Waals surface area contributed by atoms with Crippen molar-refractivity contribution >= 4 is 37.8 Å². The molecule has 0 aromatic heterocycles. The summed E-state index contributed by atoms with van der Waals surface area (Å²) in [5.41, 5.74) is 0.456. The number of alkyl halides is 3. The predicted octanol–water partition coefficient (Wildman–Crippen LogP) is 4.67. The van der Waals surface area contributed by atoms with Gasteiger partial charge in [-0.3, -0.25) is 4.79 Å². The van der Waals surface area contributed by atoms with Gasteiger partial charge in [-0.05, 0) is 31.0 Å². The van der Waals surface area contributed by atoms with Gasteiger partial charge in [-0.25, -0.2) is 0 Å². The first-order valence-corrected chi connectivity index (χ1v) is 7.17. The van der Waals surface area contributed by atoms with Gasteiger partial charge in [-0.15, -0.1) is 0 Å². The zero-order valence-electron chi connectivity index (χ0n) is 9.86. The van der Waals surface area contributed by atoms with Crippen LogP contribution in [0.4, 0.5) is 13.2 Å². The summed E-state index contributed by atoms with van der Waals surface area (Å²) in [6, 6.07) is 5.09. The molecule has 0 aliphatic carbocycles. The van der Waals surface area contributed by atoms with E-state index in [1.165, 1.54) is 0 Å². The predicted molar refractivity (Wildman–Crippen MR) is 74.1 cm³/mol. The second kappa shape index (κ2) is 7.28. The van der Waals surface area contributed by atoms with Gasteiger partial charge in [-0.1, -0.05) is 31.9 Å². The minimum atomic E-state index is -4.13. The quantitative estimate of drug-likeness (QED) is 0.712. The van der Waals surface area contributed by atoms with E-state index in [1.807, 2.05) is 0 Å². The Bertz CT molecular complexity index is 429. The number of hydrogen-bond acceptors (Lipinski definition) is 1. The van der Waals surface area contributed by atoms with E-state index in [0.717, 1.165) is 8.95 Å². The maximum Gasteiger partial charge on any atom is 0.389 e. The Morgan fingerprint density at radius 2 is 1.68 bits per heavy atom. The molecule has 1 rings (SSSR count). The van der Waals surface area contributed by atoms with Gasteiger partial charge in [-0.2, -0.15) is 13.2 Å². The van der Waals surface area contributed by atoms with Crippen LogP contribution in [0.1, 0.15) is 29.6 Å². The smallest absolute Gasteiger partial charge is 0.352 e. The van der Waals surface area contributed by atoms with Crippen LogP contribution in [0.5, 0.6) is 0 Å². The third-order valence-electron chi connectivity index (χ3n) is 2.30. The fraction of sp³-hybridized carbons (Fsp3) is 0.417. The number of carbonyl (C=O) groups is 1. The highest BCUT2D eigenvalue weighted by atomic mass is 79.9. The van der Waals surface area contributed by atoms with Crippen molar-refractivity contribution in [3.8, 4) is 0 Å². The fourth-order valence-electron chi connectivity index (χ4n) is 1.44. The first-order valence-electron chi connectivity index (χ1n) is 5.59. The second-order valence-corrected chi connectivity index (χ2v) is 5.82. The number of carbonyl (C=O) groups excluding carboxylic acids is 1. The van der Waals surface area contributed by atoms with E-state index in [0.29, 0.717) is 12.0 Å². The molecule has 0 radical (unpaired) electrons. The number of rotatable bonds is 5. The lowest BCUT2D eigenvalue weighted by Crippen LogP contribution is -2.24. The van der Waals surface area contributed by atoms with E-state index >= 15 is 0 Å². The first-order chi connectivity index (χ1) is 8.78. The molecule has 2 nitrogen and oxygen atoms in total. The van der Waals surface area contributed by atoms with Gasteiger partial charge in [0.2, 0.25) is 0 Å². The van der Waals surface area contributed by atoms with Crippen LogP contribution in [0.25, 0.3) is 0 Å². The van der Waals surface area contributed by atoms with Crippen LogP contribution < -0.4 is 5.32 Å². The van der Waals surface area contributed by atoms with Crippen LogP contribution in [-0.4, -0.2) is 18.6 Å². The van der Waals surface area contributed by atoms with Crippen molar-refractivity contribution in [3.63, 3.8) is 0 Å². The summed E-state index contributed by atoms with van der Waals surface area (Å²) in [6.07, 6.45) is -4.61. The summed E-state index contributed by atoms with van der Waals surface area (Å²) in [5.74, 6) is -0.297. The highest BCUT2D eigenvalue weighted by molar-refractivity contribution is 9.11. The van der Waals surface area contributed by atoms with E-state index < -0.39 is 12.6 Å². The van der Waals surface area contributed by atoms with Crippen molar-refractivity contribution in [2.45, 2.75) is 25.4 Å². The average molecular weight is 403 g/mol. The Morgan fingerprint density at radius 3 is 2.21 bits per heavy atom. The SMILES string of the molecule is O=C(NCCCCC(F)(F)F)c1cc(Br)cc(Br)c1. The lowest BCUT2D eigenvalue weighted by molar-refractivity contribution is -0.135. The Balaban J connectivity index is 2.35. The number of amides is 1. The van der Waals surface area contributed by atoms with Gasteiger partial charge in [0.05, 0.1) is 0 Å². The van der Waals surface area contributed by atoms with Crippen molar-refractivity contribution in [1.29, 1.82) is 0 Å². The van der Waals surface area contributed by atoms with Crippen LogP contribution in [-0.2, 0) is 0 Å². The van der Waals surface area contributed by atoms with Gasteiger partial charge in [0.25, 0.3) is 5.91 Å². The molecule has 0 fully saturated rings. The van der Waals surface area contributed by atoms with Crippen LogP contribution in [0.2, 0.25) is 0 Å². The van der Waals surface area contributed by atoms with E-state index in [-0.39, 0.29) is 18.9 Å². The Morgan fingerprint density at radius 1 is 1.11 bits per heavy atom. The van der Waals surface area contributed by atoms with Crippen LogP contribution in [0, 0.1) is 0 Å². The Labute approximate surface area is 126 Å². The minimum absolute atomic E-state index is 0.0198. The molecule has 19 heavy (non-hydrogen) atoms. The molecule has 0 unspecified atom stereocenters. The van der Waals surface area contributed by atoms with Gasteiger partial charge >= 0.3 is 6.18 Å². The molecular weight excluding hydrogens is 391 g/mol. The minimum Gasteiger partial charge on any atom is -0.352 e. The van der Waals surface area contributed by atoms with Crippen LogP contribution >= 0.6 is 31.9 Å². The topological polar surface area (TPSA) is 29.1 Å². The number of nitrogens with one attached hydrogen (secondary N) is 1. The Kier molecular flexibility index (Phi) is 6.32. The summed E-state index contributed by atoms with van der Waals surface area (Å²) in [4.78, 5) is 11.7. The molecule has 0 heterocycles.